The number of halogens is 3. The van der Waals surface area contributed by atoms with Crippen molar-refractivity contribution in [3.05, 3.63) is 32.4 Å². The molecule has 0 aliphatic heterocycles. The lowest BCUT2D eigenvalue weighted by Crippen LogP contribution is -2.33. The first kappa shape index (κ1) is 15.1. The summed E-state index contributed by atoms with van der Waals surface area (Å²) in [7, 11) is 0. The van der Waals surface area contributed by atoms with Gasteiger partial charge in [-0.25, -0.2) is 0 Å². The average Bonchev–Trinajstić information content (AvgIpc) is 2.31. The predicted octanol–water partition coefficient (Wildman–Crippen LogP) is 4.04. The van der Waals surface area contributed by atoms with Gasteiger partial charge in [-0.15, -0.1) is 11.6 Å². The van der Waals surface area contributed by atoms with Crippen molar-refractivity contribution in [2.75, 3.05) is 19.0 Å². The topological polar surface area (TPSA) is 20.3 Å². The van der Waals surface area contributed by atoms with Gasteiger partial charge >= 0.3 is 0 Å². The van der Waals surface area contributed by atoms with Gasteiger partial charge in [0.2, 0.25) is 0 Å². The van der Waals surface area contributed by atoms with E-state index >= 15 is 0 Å². The van der Waals surface area contributed by atoms with Gasteiger partial charge < -0.3 is 4.90 Å². The summed E-state index contributed by atoms with van der Waals surface area (Å²) in [5, 5.41) is 0.610. The molecule has 0 N–H and O–H groups in total. The molecule has 0 heterocycles. The molecule has 0 spiro atoms. The lowest BCUT2D eigenvalue weighted by molar-refractivity contribution is 0.0765. The van der Waals surface area contributed by atoms with E-state index in [1.807, 2.05) is 13.0 Å². The highest BCUT2D eigenvalue weighted by molar-refractivity contribution is 14.1. The Morgan fingerprint density at radius 2 is 2.12 bits per heavy atom. The fourth-order valence-electron chi connectivity index (χ4n) is 1.50. The van der Waals surface area contributed by atoms with Crippen molar-refractivity contribution in [1.29, 1.82) is 0 Å². The first-order chi connectivity index (χ1) is 8.10. The van der Waals surface area contributed by atoms with Crippen molar-refractivity contribution in [1.82, 2.24) is 4.90 Å². The molecule has 0 saturated carbocycles. The smallest absolute Gasteiger partial charge is 0.253 e. The second kappa shape index (κ2) is 7.44. The summed E-state index contributed by atoms with van der Waals surface area (Å²) in [6.45, 7) is 3.32. The van der Waals surface area contributed by atoms with E-state index in [1.165, 1.54) is 0 Å². The Kier molecular flexibility index (Phi) is 6.59. The van der Waals surface area contributed by atoms with Crippen LogP contribution in [0.1, 0.15) is 23.7 Å². The van der Waals surface area contributed by atoms with Crippen molar-refractivity contribution >= 4 is 51.7 Å². The minimum atomic E-state index is -0.00852. The van der Waals surface area contributed by atoms with Crippen molar-refractivity contribution in [2.45, 2.75) is 13.3 Å². The zero-order valence-electron chi connectivity index (χ0n) is 9.55. The lowest BCUT2D eigenvalue weighted by atomic mass is 10.2. The van der Waals surface area contributed by atoms with Gasteiger partial charge in [0.25, 0.3) is 5.91 Å². The van der Waals surface area contributed by atoms with Crippen molar-refractivity contribution in [3.8, 4) is 0 Å². The molecule has 0 saturated heterocycles. The van der Waals surface area contributed by atoms with Crippen LogP contribution in [0.2, 0.25) is 5.02 Å². The molecule has 17 heavy (non-hydrogen) atoms. The number of nitrogens with zero attached hydrogens (tertiary/aromatic N) is 1. The van der Waals surface area contributed by atoms with E-state index in [2.05, 4.69) is 22.6 Å². The number of alkyl halides is 1. The molecule has 0 radical (unpaired) electrons. The molecular weight excluding hydrogens is 372 g/mol. The summed E-state index contributed by atoms with van der Waals surface area (Å²) in [5.41, 5.74) is 0.619. The zero-order valence-corrected chi connectivity index (χ0v) is 13.2. The highest BCUT2D eigenvalue weighted by Gasteiger charge is 2.15. The summed E-state index contributed by atoms with van der Waals surface area (Å²) in [6, 6.07) is 5.36. The van der Waals surface area contributed by atoms with Gasteiger partial charge in [0, 0.05) is 28.1 Å². The molecule has 5 heteroatoms. The van der Waals surface area contributed by atoms with Crippen molar-refractivity contribution in [2.24, 2.45) is 0 Å². The van der Waals surface area contributed by atoms with Gasteiger partial charge in [0.1, 0.15) is 0 Å². The maximum atomic E-state index is 12.2. The first-order valence-corrected chi connectivity index (χ1v) is 7.39. The second-order valence-electron chi connectivity index (χ2n) is 3.61. The van der Waals surface area contributed by atoms with Gasteiger partial charge in [-0.2, -0.15) is 0 Å². The quantitative estimate of drug-likeness (QED) is 0.553. The Bertz CT molecular complexity index is 392. The maximum absolute atomic E-state index is 12.2. The van der Waals surface area contributed by atoms with Gasteiger partial charge in [-0.05, 0) is 47.2 Å². The Hall–Kier alpha value is -0.0000000000000000555. The maximum Gasteiger partial charge on any atom is 0.253 e. The molecule has 0 aliphatic carbocycles. The standard InChI is InChI=1S/C12H14Cl2INO/c1-2-6-16(7-5-13)12(17)9-3-4-11(15)10(14)8-9/h3-4,8H,2,5-7H2,1H3. The molecule has 1 amide bonds. The van der Waals surface area contributed by atoms with E-state index in [4.69, 9.17) is 23.2 Å². The number of benzene rings is 1. The van der Waals surface area contributed by atoms with E-state index in [0.717, 1.165) is 16.5 Å². The molecule has 0 aromatic heterocycles. The highest BCUT2D eigenvalue weighted by Crippen LogP contribution is 2.20. The average molecular weight is 386 g/mol. The third kappa shape index (κ3) is 4.30. The van der Waals surface area contributed by atoms with E-state index in [-0.39, 0.29) is 5.91 Å². The van der Waals surface area contributed by atoms with Crippen LogP contribution in [0.25, 0.3) is 0 Å². The lowest BCUT2D eigenvalue weighted by Gasteiger charge is -2.21. The van der Waals surface area contributed by atoms with Crippen LogP contribution in [0.3, 0.4) is 0 Å². The SMILES string of the molecule is CCCN(CCCl)C(=O)c1ccc(I)c(Cl)c1. The molecule has 1 aromatic rings. The summed E-state index contributed by atoms with van der Waals surface area (Å²) >= 11 is 13.8. The van der Waals surface area contributed by atoms with Crippen molar-refractivity contribution in [3.63, 3.8) is 0 Å². The molecule has 2 nitrogen and oxygen atoms in total. The summed E-state index contributed by atoms with van der Waals surface area (Å²) in [4.78, 5) is 13.9. The Morgan fingerprint density at radius 1 is 1.41 bits per heavy atom. The van der Waals surface area contributed by atoms with Crippen LogP contribution in [-0.4, -0.2) is 29.8 Å². The van der Waals surface area contributed by atoms with Crippen LogP contribution in [0, 0.1) is 3.57 Å². The molecular formula is C12H14Cl2INO. The monoisotopic (exact) mass is 385 g/mol. The molecule has 94 valence electrons. The number of rotatable bonds is 5. The third-order valence-electron chi connectivity index (χ3n) is 2.30. The Balaban J connectivity index is 2.88. The predicted molar refractivity (Wildman–Crippen MR) is 81.1 cm³/mol. The molecule has 1 rings (SSSR count). The van der Waals surface area contributed by atoms with Crippen LogP contribution in [0.5, 0.6) is 0 Å². The number of carbonyl (C=O) groups is 1. The van der Waals surface area contributed by atoms with Crippen molar-refractivity contribution < 1.29 is 4.79 Å². The van der Waals surface area contributed by atoms with Gasteiger partial charge in [-0.1, -0.05) is 18.5 Å². The Labute approximate surface area is 125 Å². The molecule has 1 aromatic carbocycles. The van der Waals surface area contributed by atoms with Gasteiger partial charge in [-0.3, -0.25) is 4.79 Å². The van der Waals surface area contributed by atoms with Crippen LogP contribution < -0.4 is 0 Å². The minimum Gasteiger partial charge on any atom is -0.337 e. The summed E-state index contributed by atoms with van der Waals surface area (Å²) in [6.07, 6.45) is 0.917. The number of amides is 1. The largest absolute Gasteiger partial charge is 0.337 e. The van der Waals surface area contributed by atoms with Crippen LogP contribution >= 0.6 is 45.8 Å². The number of hydrogen-bond acceptors (Lipinski definition) is 1. The first-order valence-electron chi connectivity index (χ1n) is 5.40. The number of hydrogen-bond donors (Lipinski definition) is 0. The molecule has 0 fully saturated rings. The summed E-state index contributed by atoms with van der Waals surface area (Å²) < 4.78 is 0.945. The molecule has 0 unspecified atom stereocenters. The van der Waals surface area contributed by atoms with Crippen LogP contribution in [0.4, 0.5) is 0 Å². The zero-order chi connectivity index (χ0) is 12.8. The fraction of sp³-hybridized carbons (Fsp3) is 0.417. The van der Waals surface area contributed by atoms with E-state index in [1.54, 1.807) is 17.0 Å². The fourth-order valence-corrected chi connectivity index (χ4v) is 2.22. The molecule has 0 bridgehead atoms. The van der Waals surface area contributed by atoms with Crippen LogP contribution in [0.15, 0.2) is 18.2 Å². The highest BCUT2D eigenvalue weighted by atomic mass is 127. The molecule has 0 atom stereocenters. The minimum absolute atomic E-state index is 0.00852. The third-order valence-corrected chi connectivity index (χ3v) is 4.04. The normalized spacial score (nSPS) is 10.4. The summed E-state index contributed by atoms with van der Waals surface area (Å²) in [5.74, 6) is 0.440. The van der Waals surface area contributed by atoms with E-state index < -0.39 is 0 Å². The second-order valence-corrected chi connectivity index (χ2v) is 5.56. The number of carbonyl (C=O) groups excluding carboxylic acids is 1. The van der Waals surface area contributed by atoms with Crippen LogP contribution in [-0.2, 0) is 0 Å². The Morgan fingerprint density at radius 3 is 2.65 bits per heavy atom. The molecule has 0 aliphatic rings. The van der Waals surface area contributed by atoms with Gasteiger partial charge in [0.15, 0.2) is 0 Å². The van der Waals surface area contributed by atoms with E-state index in [9.17, 15) is 4.79 Å². The van der Waals surface area contributed by atoms with Gasteiger partial charge in [0.05, 0.1) is 5.02 Å². The van der Waals surface area contributed by atoms with E-state index in [0.29, 0.717) is 23.0 Å².